The molecule has 0 rings (SSSR count). The van der Waals surface area contributed by atoms with Crippen LogP contribution in [0.3, 0.4) is 0 Å². The van der Waals surface area contributed by atoms with Crippen LogP contribution in [-0.2, 0) is 10.3 Å². The van der Waals surface area contributed by atoms with Crippen molar-refractivity contribution < 1.29 is 18.4 Å². The van der Waals surface area contributed by atoms with Crippen molar-refractivity contribution in [1.29, 1.82) is 0 Å². The molecule has 0 aromatic rings. The zero-order valence-electron chi connectivity index (χ0n) is 3.16. The van der Waals surface area contributed by atoms with Gasteiger partial charge >= 0.3 is 10.3 Å². The molecule has 7 heavy (non-hydrogen) atoms. The second-order valence-corrected chi connectivity index (χ2v) is 1.54. The van der Waals surface area contributed by atoms with Gasteiger partial charge in [-0.2, -0.15) is 8.42 Å². The summed E-state index contributed by atoms with van der Waals surface area (Å²) in [5, 5.41) is 3.88. The number of nitrogens with two attached hydrogens (primary N) is 1. The van der Waals surface area contributed by atoms with Crippen LogP contribution >= 0.6 is 12.4 Å². The molecule has 5 N–H and O–H groups in total. The minimum atomic E-state index is -4.17. The summed E-state index contributed by atoms with van der Waals surface area (Å²) in [5.41, 5.74) is 0. The number of halogens is 1. The molecular weight excluding hydrogens is 146 g/mol. The van der Waals surface area contributed by atoms with Gasteiger partial charge in [-0.1, -0.05) is 0 Å². The second-order valence-electron chi connectivity index (χ2n) is 0.515. The first kappa shape index (κ1) is 15.7. The van der Waals surface area contributed by atoms with E-state index in [0.717, 1.165) is 0 Å². The monoisotopic (exact) mass is 151 g/mol. The molecule has 48 valence electrons. The van der Waals surface area contributed by atoms with Gasteiger partial charge in [-0.25, -0.2) is 5.14 Å². The summed E-state index contributed by atoms with van der Waals surface area (Å²) in [4.78, 5) is 0. The van der Waals surface area contributed by atoms with Crippen LogP contribution in [0.5, 0.6) is 0 Å². The highest BCUT2D eigenvalue weighted by Crippen LogP contribution is 1.50. The van der Waals surface area contributed by atoms with E-state index in [4.69, 9.17) is 13.0 Å². The lowest BCUT2D eigenvalue weighted by Gasteiger charge is -1.70. The normalized spacial score (nSPS) is 8.29. The fourth-order valence-electron chi connectivity index (χ4n) is 0. The Labute approximate surface area is 47.1 Å². The summed E-state index contributed by atoms with van der Waals surface area (Å²) in [6.07, 6.45) is 0. The van der Waals surface area contributed by atoms with E-state index in [1.807, 2.05) is 0 Å². The van der Waals surface area contributed by atoms with Gasteiger partial charge in [-0.3, -0.25) is 4.55 Å². The first-order chi connectivity index (χ1) is 2.00. The summed E-state index contributed by atoms with van der Waals surface area (Å²) < 4.78 is 25.2. The van der Waals surface area contributed by atoms with E-state index >= 15 is 0 Å². The Balaban J connectivity index is -0.0000000800. The highest BCUT2D eigenvalue weighted by molar-refractivity contribution is 7.83. The Kier molecular flexibility index (Phi) is 9.61. The molecule has 0 radical (unpaired) electrons. The van der Waals surface area contributed by atoms with Crippen LogP contribution in [-0.4, -0.2) is 18.4 Å². The number of rotatable bonds is 0. The maximum atomic E-state index is 8.97. The molecule has 0 saturated heterocycles. The van der Waals surface area contributed by atoms with E-state index in [1.165, 1.54) is 0 Å². The third-order valence-corrected chi connectivity index (χ3v) is 0. The van der Waals surface area contributed by atoms with Crippen molar-refractivity contribution >= 4 is 22.7 Å². The van der Waals surface area contributed by atoms with E-state index in [1.54, 1.807) is 0 Å². The van der Waals surface area contributed by atoms with Crippen LogP contribution in [0.15, 0.2) is 0 Å². The molecule has 0 saturated carbocycles. The van der Waals surface area contributed by atoms with Crippen molar-refractivity contribution in [3.63, 3.8) is 0 Å². The lowest BCUT2D eigenvalue weighted by Crippen LogP contribution is -2.08. The van der Waals surface area contributed by atoms with E-state index in [9.17, 15) is 0 Å². The van der Waals surface area contributed by atoms with Crippen molar-refractivity contribution in [2.24, 2.45) is 5.14 Å². The fraction of sp³-hybridized carbons (Fsp3) is 0. The predicted octanol–water partition coefficient (Wildman–Crippen LogP) is -1.66. The topological polar surface area (TPSA) is 112 Å². The molecular formula is H6ClNO4S. The first-order valence-electron chi connectivity index (χ1n) is 0.752. The molecule has 5 nitrogen and oxygen atoms in total. The lowest BCUT2D eigenvalue weighted by molar-refractivity contribution is 0.485. The minimum absolute atomic E-state index is 0. The van der Waals surface area contributed by atoms with Crippen LogP contribution in [0.2, 0.25) is 0 Å². The molecule has 0 aliphatic rings. The van der Waals surface area contributed by atoms with Gasteiger partial charge in [0.25, 0.3) is 0 Å². The molecule has 0 aliphatic heterocycles. The van der Waals surface area contributed by atoms with Gasteiger partial charge < -0.3 is 5.48 Å². The highest BCUT2D eigenvalue weighted by Gasteiger charge is 1.81. The smallest absolute Gasteiger partial charge is 0.330 e. The third kappa shape index (κ3) is 7210. The van der Waals surface area contributed by atoms with Gasteiger partial charge in [0.05, 0.1) is 0 Å². The van der Waals surface area contributed by atoms with E-state index in [-0.39, 0.29) is 17.9 Å². The number of hydrogen-bond acceptors (Lipinski definition) is 2. The largest absolute Gasteiger partial charge is 0.412 e. The van der Waals surface area contributed by atoms with Gasteiger partial charge in [0.15, 0.2) is 0 Å². The summed E-state index contributed by atoms with van der Waals surface area (Å²) >= 11 is 0. The standard InChI is InChI=1S/ClH.H3NO3S.H2O/c;1-5(2,3)4;/h1H;(H3,1,2,3,4);1H2. The van der Waals surface area contributed by atoms with Crippen molar-refractivity contribution in [2.75, 3.05) is 0 Å². The van der Waals surface area contributed by atoms with Crippen LogP contribution in [0.4, 0.5) is 0 Å². The molecule has 0 fully saturated rings. The van der Waals surface area contributed by atoms with Crippen molar-refractivity contribution in [2.45, 2.75) is 0 Å². The maximum absolute atomic E-state index is 8.97. The van der Waals surface area contributed by atoms with E-state index in [0.29, 0.717) is 0 Å². The van der Waals surface area contributed by atoms with Crippen LogP contribution < -0.4 is 5.14 Å². The van der Waals surface area contributed by atoms with Crippen LogP contribution in [0.1, 0.15) is 0 Å². The molecule has 0 spiro atoms. The predicted molar refractivity (Wildman–Crippen MR) is 26.6 cm³/mol. The molecule has 0 aromatic carbocycles. The molecule has 0 bridgehead atoms. The first-order valence-corrected chi connectivity index (χ1v) is 2.25. The molecule has 0 amide bonds. The third-order valence-electron chi connectivity index (χ3n) is 0. The van der Waals surface area contributed by atoms with Crippen molar-refractivity contribution in [1.82, 2.24) is 0 Å². The van der Waals surface area contributed by atoms with Crippen molar-refractivity contribution in [3.05, 3.63) is 0 Å². The molecule has 0 heterocycles. The Bertz CT molecular complexity index is 94.9. The Morgan fingerprint density at radius 3 is 1.43 bits per heavy atom. The zero-order valence-corrected chi connectivity index (χ0v) is 4.79. The van der Waals surface area contributed by atoms with Crippen molar-refractivity contribution in [3.8, 4) is 0 Å². The van der Waals surface area contributed by atoms with E-state index < -0.39 is 10.3 Å². The zero-order chi connectivity index (χ0) is 4.50. The maximum Gasteiger partial charge on any atom is 0.330 e. The van der Waals surface area contributed by atoms with Gasteiger partial charge in [-0.15, -0.1) is 12.4 Å². The highest BCUT2D eigenvalue weighted by atomic mass is 35.5. The molecule has 0 aromatic heterocycles. The quantitative estimate of drug-likeness (QED) is 0.404. The summed E-state index contributed by atoms with van der Waals surface area (Å²) in [6.45, 7) is 0. The Morgan fingerprint density at radius 2 is 1.43 bits per heavy atom. The average Bonchev–Trinajstić information content (AvgIpc) is 0.722. The Morgan fingerprint density at radius 1 is 1.43 bits per heavy atom. The van der Waals surface area contributed by atoms with Gasteiger partial charge in [-0.05, 0) is 0 Å². The van der Waals surface area contributed by atoms with Crippen LogP contribution in [0.25, 0.3) is 0 Å². The van der Waals surface area contributed by atoms with Gasteiger partial charge in [0.1, 0.15) is 0 Å². The fourth-order valence-corrected chi connectivity index (χ4v) is 0. The lowest BCUT2D eigenvalue weighted by atomic mass is 13.9. The second kappa shape index (κ2) is 4.28. The van der Waals surface area contributed by atoms with E-state index in [2.05, 4.69) is 5.14 Å². The minimum Gasteiger partial charge on any atom is -0.412 e. The van der Waals surface area contributed by atoms with Gasteiger partial charge in [0.2, 0.25) is 0 Å². The average molecular weight is 152 g/mol. The molecule has 7 heteroatoms. The Hall–Kier alpha value is 0.120. The molecule has 0 aliphatic carbocycles. The number of hydrogen-bond donors (Lipinski definition) is 2. The molecule has 0 atom stereocenters. The summed E-state index contributed by atoms with van der Waals surface area (Å²) in [5.74, 6) is 0. The van der Waals surface area contributed by atoms with Gasteiger partial charge in [0, 0.05) is 0 Å². The molecule has 0 unspecified atom stereocenters. The summed E-state index contributed by atoms with van der Waals surface area (Å²) in [7, 11) is -4.17. The van der Waals surface area contributed by atoms with Crippen LogP contribution in [0, 0.1) is 0 Å². The SMILES string of the molecule is Cl.NS(=O)(=O)O.O. The summed E-state index contributed by atoms with van der Waals surface area (Å²) in [6, 6.07) is 0.